The molecule has 3 rings (SSSR count). The molecule has 1 aliphatic rings. The van der Waals surface area contributed by atoms with Crippen LogP contribution in [0, 0.1) is 5.92 Å². The van der Waals surface area contributed by atoms with Crippen molar-refractivity contribution in [2.45, 2.75) is 57.6 Å². The fraction of sp³-hybridized carbons (Fsp3) is 0.722. The van der Waals surface area contributed by atoms with Crippen molar-refractivity contribution in [2.75, 3.05) is 19.0 Å². The van der Waals surface area contributed by atoms with Gasteiger partial charge in [0.05, 0.1) is 11.4 Å². The Morgan fingerprint density at radius 2 is 1.74 bits per heavy atom. The van der Waals surface area contributed by atoms with Crippen LogP contribution in [-0.2, 0) is 24.7 Å². The van der Waals surface area contributed by atoms with Crippen LogP contribution < -0.4 is 0 Å². The van der Waals surface area contributed by atoms with E-state index in [0.29, 0.717) is 19.0 Å². The van der Waals surface area contributed by atoms with Crippen LogP contribution in [0.5, 0.6) is 0 Å². The largest absolute Gasteiger partial charge is 0.381 e. The molecule has 0 atom stereocenters. The number of hydrogen-bond acceptors (Lipinski definition) is 8. The minimum absolute atomic E-state index is 0.0870. The molecule has 1 aliphatic heterocycles. The van der Waals surface area contributed by atoms with Crippen molar-refractivity contribution in [1.82, 2.24) is 15.3 Å². The topological polar surface area (TPSA) is 108 Å². The van der Waals surface area contributed by atoms with Crippen LogP contribution >= 0.6 is 0 Å². The quantitative estimate of drug-likeness (QED) is 0.757. The third-order valence-electron chi connectivity index (χ3n) is 5.03. The van der Waals surface area contributed by atoms with E-state index < -0.39 is 14.6 Å². The summed E-state index contributed by atoms with van der Waals surface area (Å²) in [5, 5.41) is 7.95. The predicted molar refractivity (Wildman–Crippen MR) is 98.9 cm³/mol. The zero-order chi connectivity index (χ0) is 19.9. The van der Waals surface area contributed by atoms with Gasteiger partial charge in [-0.3, -0.25) is 0 Å². The number of ether oxygens (including phenoxy) is 1. The maximum absolute atomic E-state index is 13.0. The van der Waals surface area contributed by atoms with Crippen LogP contribution in [0.1, 0.15) is 59.0 Å². The van der Waals surface area contributed by atoms with Crippen LogP contribution in [0.2, 0.25) is 0 Å². The highest BCUT2D eigenvalue weighted by atomic mass is 32.2. The van der Waals surface area contributed by atoms with Crippen LogP contribution in [0.15, 0.2) is 15.1 Å². The molecule has 0 aromatic carbocycles. The van der Waals surface area contributed by atoms with E-state index in [1.54, 1.807) is 19.9 Å². The molecule has 0 N–H and O–H groups in total. The number of aromatic nitrogens is 3. The average Bonchev–Trinajstić information content (AvgIpc) is 3.24. The summed E-state index contributed by atoms with van der Waals surface area (Å²) in [6, 6.07) is 1.74. The Hall–Kier alpha value is -1.74. The second-order valence-corrected chi connectivity index (χ2v) is 11.2. The third-order valence-corrected chi connectivity index (χ3v) is 7.68. The molecule has 0 aliphatic carbocycles. The Morgan fingerprint density at radius 3 is 2.33 bits per heavy atom. The van der Waals surface area contributed by atoms with Gasteiger partial charge in [-0.15, -0.1) is 0 Å². The molecule has 0 saturated carbocycles. The van der Waals surface area contributed by atoms with Gasteiger partial charge in [0.1, 0.15) is 4.75 Å². The Bertz CT molecular complexity index is 886. The Balaban J connectivity index is 1.82. The molecule has 3 heterocycles. The van der Waals surface area contributed by atoms with Gasteiger partial charge in [-0.2, -0.15) is 4.98 Å². The Morgan fingerprint density at radius 1 is 1.07 bits per heavy atom. The summed E-state index contributed by atoms with van der Waals surface area (Å²) in [7, 11) is -3.49. The minimum Gasteiger partial charge on any atom is -0.381 e. The highest BCUT2D eigenvalue weighted by Gasteiger charge is 2.42. The van der Waals surface area contributed by atoms with Gasteiger partial charge in [-0.05, 0) is 32.6 Å². The lowest BCUT2D eigenvalue weighted by molar-refractivity contribution is 0.0722. The monoisotopic (exact) mass is 397 g/mol. The minimum atomic E-state index is -3.49. The van der Waals surface area contributed by atoms with E-state index in [-0.39, 0.29) is 28.8 Å². The summed E-state index contributed by atoms with van der Waals surface area (Å²) in [5.74, 6) is 0.763. The molecule has 27 heavy (non-hydrogen) atoms. The molecule has 150 valence electrons. The second kappa shape index (κ2) is 7.01. The number of rotatable bonds is 5. The summed E-state index contributed by atoms with van der Waals surface area (Å²) in [6.45, 7) is 10.5. The van der Waals surface area contributed by atoms with Crippen molar-refractivity contribution in [3.8, 4) is 11.7 Å². The van der Waals surface area contributed by atoms with Crippen LogP contribution in [0.25, 0.3) is 11.7 Å². The van der Waals surface area contributed by atoms with E-state index in [2.05, 4.69) is 15.3 Å². The van der Waals surface area contributed by atoms with E-state index >= 15 is 0 Å². The van der Waals surface area contributed by atoms with Crippen molar-refractivity contribution in [2.24, 2.45) is 5.92 Å². The molecule has 0 amide bonds. The lowest BCUT2D eigenvalue weighted by Crippen LogP contribution is -2.36. The van der Waals surface area contributed by atoms with Crippen molar-refractivity contribution < 1.29 is 22.2 Å². The fourth-order valence-electron chi connectivity index (χ4n) is 2.87. The second-order valence-electron chi connectivity index (χ2n) is 8.60. The normalized spacial score (nSPS) is 17.4. The number of nitrogens with zero attached hydrogens (tertiary/aromatic N) is 3. The van der Waals surface area contributed by atoms with Gasteiger partial charge in [0.15, 0.2) is 15.7 Å². The highest BCUT2D eigenvalue weighted by molar-refractivity contribution is 7.92. The molecule has 0 unspecified atom stereocenters. The molecule has 1 saturated heterocycles. The smallest absolute Gasteiger partial charge is 0.296 e. The summed E-state index contributed by atoms with van der Waals surface area (Å²) in [4.78, 5) is 4.29. The van der Waals surface area contributed by atoms with Gasteiger partial charge < -0.3 is 13.8 Å². The third kappa shape index (κ3) is 4.08. The molecular formula is C18H27N3O5S. The van der Waals surface area contributed by atoms with E-state index in [1.807, 2.05) is 20.8 Å². The molecule has 0 radical (unpaired) electrons. The van der Waals surface area contributed by atoms with Crippen molar-refractivity contribution >= 4 is 9.84 Å². The maximum Gasteiger partial charge on any atom is 0.296 e. The predicted octanol–water partition coefficient (Wildman–Crippen LogP) is 3.10. The fourth-order valence-corrected chi connectivity index (χ4v) is 4.60. The van der Waals surface area contributed by atoms with Crippen LogP contribution in [-0.4, -0.2) is 42.7 Å². The summed E-state index contributed by atoms with van der Waals surface area (Å²) >= 11 is 0. The first kappa shape index (κ1) is 20.0. The van der Waals surface area contributed by atoms with Gasteiger partial charge in [0.25, 0.3) is 5.89 Å². The number of sulfone groups is 1. The van der Waals surface area contributed by atoms with E-state index in [1.165, 1.54) is 0 Å². The van der Waals surface area contributed by atoms with Crippen molar-refractivity contribution in [3.05, 3.63) is 17.6 Å². The van der Waals surface area contributed by atoms with Crippen molar-refractivity contribution in [1.29, 1.82) is 0 Å². The van der Waals surface area contributed by atoms with Gasteiger partial charge in [0, 0.05) is 24.7 Å². The highest BCUT2D eigenvalue weighted by Crippen LogP contribution is 2.33. The van der Waals surface area contributed by atoms with Crippen LogP contribution in [0.3, 0.4) is 0 Å². The molecular weight excluding hydrogens is 370 g/mol. The van der Waals surface area contributed by atoms with Crippen molar-refractivity contribution in [3.63, 3.8) is 0 Å². The molecule has 8 nitrogen and oxygen atoms in total. The first-order valence-electron chi connectivity index (χ1n) is 9.12. The Kier molecular flexibility index (Phi) is 5.20. The molecule has 0 spiro atoms. The van der Waals surface area contributed by atoms with Gasteiger partial charge in [-0.25, -0.2) is 8.42 Å². The standard InChI is InChI=1S/C18H27N3O5S/c1-17(2,3)14-10-13(25-20-14)15-19-16(21-26-15)18(4,5)27(22,23)11-12-6-8-24-9-7-12/h10,12H,6-9,11H2,1-5H3. The summed E-state index contributed by atoms with van der Waals surface area (Å²) in [5.41, 5.74) is 0.570. The van der Waals surface area contributed by atoms with Gasteiger partial charge >= 0.3 is 0 Å². The first-order valence-corrected chi connectivity index (χ1v) is 10.8. The van der Waals surface area contributed by atoms with Crippen LogP contribution in [0.4, 0.5) is 0 Å². The lowest BCUT2D eigenvalue weighted by Gasteiger charge is -2.27. The molecule has 1 fully saturated rings. The Labute approximate surface area is 159 Å². The lowest BCUT2D eigenvalue weighted by atomic mass is 9.92. The summed E-state index contributed by atoms with van der Waals surface area (Å²) in [6.07, 6.45) is 1.50. The molecule has 0 bridgehead atoms. The SMILES string of the molecule is CC(C)(C)c1cc(-c2nc(C(C)(C)S(=O)(=O)CC3CCOCC3)no2)on1. The van der Waals surface area contributed by atoms with Gasteiger partial charge in [0.2, 0.25) is 5.76 Å². The number of hydrogen-bond donors (Lipinski definition) is 0. The zero-order valence-corrected chi connectivity index (χ0v) is 17.3. The maximum atomic E-state index is 13.0. The first-order chi connectivity index (χ1) is 12.5. The molecule has 9 heteroatoms. The van der Waals surface area contributed by atoms with E-state index in [0.717, 1.165) is 18.5 Å². The zero-order valence-electron chi connectivity index (χ0n) is 16.5. The average molecular weight is 397 g/mol. The van der Waals surface area contributed by atoms with E-state index in [9.17, 15) is 8.42 Å². The molecule has 2 aromatic rings. The molecule has 2 aromatic heterocycles. The van der Waals surface area contributed by atoms with Gasteiger partial charge in [-0.1, -0.05) is 31.1 Å². The van der Waals surface area contributed by atoms with E-state index in [4.69, 9.17) is 13.8 Å². The summed E-state index contributed by atoms with van der Waals surface area (Å²) < 4.78 is 40.6.